The summed E-state index contributed by atoms with van der Waals surface area (Å²) in [6.07, 6.45) is 10.3. The van der Waals surface area contributed by atoms with Crippen LogP contribution < -0.4 is 0 Å². The third-order valence-corrected chi connectivity index (χ3v) is 3.08. The third-order valence-electron chi connectivity index (χ3n) is 3.08. The summed E-state index contributed by atoms with van der Waals surface area (Å²) in [5.41, 5.74) is 0. The highest BCUT2D eigenvalue weighted by Crippen LogP contribution is 2.06. The number of Topliss-reactive ketones (excluding diaryl/α,β-unsaturated/α-hetero) is 1. The molecule has 0 aromatic rings. The Morgan fingerprint density at radius 1 is 1.00 bits per heavy atom. The Kier molecular flexibility index (Phi) is 14.0. The number of unbranched alkanes of at least 4 members (excludes halogenated alkanes) is 6. The minimum absolute atomic E-state index is 0.0612. The number of rotatable bonds is 11. The fourth-order valence-corrected chi connectivity index (χ4v) is 1.78. The van der Waals surface area contributed by atoms with Gasteiger partial charge in [0.15, 0.2) is 0 Å². The molecule has 0 aromatic carbocycles. The SMILES string of the molecule is C=CCCCCC#CC#CC(=O)CCCCCCC(=O)OC. The smallest absolute Gasteiger partial charge is 0.305 e. The zero-order valence-corrected chi connectivity index (χ0v) is 13.6. The van der Waals surface area contributed by atoms with Gasteiger partial charge in [0.05, 0.1) is 7.11 Å². The van der Waals surface area contributed by atoms with Gasteiger partial charge in [-0.2, -0.15) is 0 Å². The summed E-state index contributed by atoms with van der Waals surface area (Å²) < 4.78 is 4.56. The van der Waals surface area contributed by atoms with Crippen molar-refractivity contribution < 1.29 is 14.3 Å². The van der Waals surface area contributed by atoms with Gasteiger partial charge in [0, 0.05) is 19.3 Å². The molecule has 0 heterocycles. The van der Waals surface area contributed by atoms with E-state index in [1.54, 1.807) is 0 Å². The molecule has 3 heteroatoms. The Morgan fingerprint density at radius 2 is 1.73 bits per heavy atom. The number of ether oxygens (including phenoxy) is 1. The first kappa shape index (κ1) is 20.0. The summed E-state index contributed by atoms with van der Waals surface area (Å²) in [6, 6.07) is 0. The van der Waals surface area contributed by atoms with Crippen molar-refractivity contribution in [2.75, 3.05) is 7.11 Å². The van der Waals surface area contributed by atoms with Gasteiger partial charge in [-0.3, -0.25) is 9.59 Å². The monoisotopic (exact) mass is 302 g/mol. The fourth-order valence-electron chi connectivity index (χ4n) is 1.78. The lowest BCUT2D eigenvalue weighted by Crippen LogP contribution is -1.99. The lowest BCUT2D eigenvalue weighted by atomic mass is 10.1. The topological polar surface area (TPSA) is 43.4 Å². The van der Waals surface area contributed by atoms with Gasteiger partial charge in [-0.15, -0.1) is 6.58 Å². The molecule has 22 heavy (non-hydrogen) atoms. The number of allylic oxidation sites excluding steroid dienone is 1. The summed E-state index contributed by atoms with van der Waals surface area (Å²) in [4.78, 5) is 22.4. The number of methoxy groups -OCH3 is 1. The number of hydrogen-bond acceptors (Lipinski definition) is 3. The van der Waals surface area contributed by atoms with Gasteiger partial charge in [0.2, 0.25) is 5.78 Å². The highest BCUT2D eigenvalue weighted by Gasteiger charge is 2.00. The second-order valence-electron chi connectivity index (χ2n) is 5.00. The quantitative estimate of drug-likeness (QED) is 0.192. The van der Waals surface area contributed by atoms with Gasteiger partial charge in [0.1, 0.15) is 0 Å². The minimum atomic E-state index is -0.176. The van der Waals surface area contributed by atoms with Crippen LogP contribution in [0, 0.1) is 23.7 Å². The van der Waals surface area contributed by atoms with Crippen LogP contribution >= 0.6 is 0 Å². The van der Waals surface area contributed by atoms with Crippen LogP contribution in [0.2, 0.25) is 0 Å². The number of carbonyl (C=O) groups is 2. The van der Waals surface area contributed by atoms with E-state index in [4.69, 9.17) is 0 Å². The maximum absolute atomic E-state index is 11.5. The largest absolute Gasteiger partial charge is 0.469 e. The standard InChI is InChI=1S/C19H26O3/c1-3-4-5-6-7-8-9-12-15-18(20)16-13-10-11-14-17-19(21)22-2/h3H,1,4-7,10-11,13-14,16-17H2,2H3. The second kappa shape index (κ2) is 15.4. The molecule has 0 spiro atoms. The zero-order valence-electron chi connectivity index (χ0n) is 13.6. The van der Waals surface area contributed by atoms with Gasteiger partial charge in [-0.25, -0.2) is 0 Å². The molecule has 0 aromatic heterocycles. The molecule has 0 saturated heterocycles. The van der Waals surface area contributed by atoms with Crippen LogP contribution in [-0.2, 0) is 14.3 Å². The van der Waals surface area contributed by atoms with E-state index in [1.807, 2.05) is 6.08 Å². The van der Waals surface area contributed by atoms with Crippen molar-refractivity contribution in [2.45, 2.75) is 64.2 Å². The molecule has 0 bridgehead atoms. The third kappa shape index (κ3) is 14.4. The predicted molar refractivity (Wildman–Crippen MR) is 88.9 cm³/mol. The van der Waals surface area contributed by atoms with Crippen molar-refractivity contribution in [1.82, 2.24) is 0 Å². The molecule has 0 rings (SSSR count). The number of esters is 1. The molecule has 120 valence electrons. The molecule has 3 nitrogen and oxygen atoms in total. The number of ketones is 1. The van der Waals surface area contributed by atoms with Gasteiger partial charge in [0.25, 0.3) is 0 Å². The van der Waals surface area contributed by atoms with Crippen LogP contribution in [0.3, 0.4) is 0 Å². The molecule has 0 amide bonds. The molecule has 0 N–H and O–H groups in total. The van der Waals surface area contributed by atoms with E-state index in [9.17, 15) is 9.59 Å². The van der Waals surface area contributed by atoms with Crippen molar-refractivity contribution >= 4 is 11.8 Å². The van der Waals surface area contributed by atoms with E-state index in [2.05, 4.69) is 35.0 Å². The lowest BCUT2D eigenvalue weighted by molar-refractivity contribution is -0.140. The van der Waals surface area contributed by atoms with E-state index in [0.717, 1.165) is 51.4 Å². The second-order valence-corrected chi connectivity index (χ2v) is 5.00. The van der Waals surface area contributed by atoms with Crippen molar-refractivity contribution in [3.05, 3.63) is 12.7 Å². The predicted octanol–water partition coefficient (Wildman–Crippen LogP) is 3.82. The molecule has 0 aliphatic rings. The van der Waals surface area contributed by atoms with Gasteiger partial charge in [-0.05, 0) is 49.9 Å². The van der Waals surface area contributed by atoms with Crippen LogP contribution in [0.4, 0.5) is 0 Å². The Morgan fingerprint density at radius 3 is 2.41 bits per heavy atom. The van der Waals surface area contributed by atoms with Crippen LogP contribution in [-0.4, -0.2) is 18.9 Å². The molecule has 0 saturated carbocycles. The van der Waals surface area contributed by atoms with Crippen molar-refractivity contribution in [3.63, 3.8) is 0 Å². The molecule has 0 aliphatic carbocycles. The highest BCUT2D eigenvalue weighted by atomic mass is 16.5. The van der Waals surface area contributed by atoms with E-state index in [1.165, 1.54) is 7.11 Å². The summed E-state index contributed by atoms with van der Waals surface area (Å²) in [7, 11) is 1.39. The summed E-state index contributed by atoms with van der Waals surface area (Å²) >= 11 is 0. The average Bonchev–Trinajstić information content (AvgIpc) is 2.52. The zero-order chi connectivity index (χ0) is 16.5. The Hall–Kier alpha value is -2.00. The van der Waals surface area contributed by atoms with E-state index < -0.39 is 0 Å². The van der Waals surface area contributed by atoms with Crippen LogP contribution in [0.25, 0.3) is 0 Å². The van der Waals surface area contributed by atoms with Crippen molar-refractivity contribution in [3.8, 4) is 23.7 Å². The van der Waals surface area contributed by atoms with Gasteiger partial charge < -0.3 is 4.74 Å². The first-order valence-electron chi connectivity index (χ1n) is 7.90. The first-order chi connectivity index (χ1) is 10.7. The molecule has 0 unspecified atom stereocenters. The normalized spacial score (nSPS) is 8.95. The Bertz CT molecular complexity index is 455. The molecular weight excluding hydrogens is 276 g/mol. The molecule has 0 radical (unpaired) electrons. The average molecular weight is 302 g/mol. The van der Waals surface area contributed by atoms with Crippen molar-refractivity contribution in [1.29, 1.82) is 0 Å². The molecule has 0 fully saturated rings. The van der Waals surface area contributed by atoms with Crippen LogP contribution in [0.5, 0.6) is 0 Å². The number of carbonyl (C=O) groups excluding carboxylic acids is 2. The summed E-state index contributed by atoms with van der Waals surface area (Å²) in [6.45, 7) is 3.66. The Balaban J connectivity index is 3.57. The van der Waals surface area contributed by atoms with Crippen LogP contribution in [0.1, 0.15) is 64.2 Å². The Labute approximate surface area is 134 Å². The summed E-state index contributed by atoms with van der Waals surface area (Å²) in [5.74, 6) is 10.6. The highest BCUT2D eigenvalue weighted by molar-refractivity contribution is 5.95. The lowest BCUT2D eigenvalue weighted by Gasteiger charge is -1.99. The van der Waals surface area contributed by atoms with E-state index in [-0.39, 0.29) is 11.8 Å². The van der Waals surface area contributed by atoms with Gasteiger partial charge in [-0.1, -0.05) is 24.8 Å². The van der Waals surface area contributed by atoms with Crippen LogP contribution in [0.15, 0.2) is 12.7 Å². The number of hydrogen-bond donors (Lipinski definition) is 0. The van der Waals surface area contributed by atoms with E-state index in [0.29, 0.717) is 12.8 Å². The maximum atomic E-state index is 11.5. The minimum Gasteiger partial charge on any atom is -0.469 e. The fraction of sp³-hybridized carbons (Fsp3) is 0.579. The maximum Gasteiger partial charge on any atom is 0.305 e. The van der Waals surface area contributed by atoms with Crippen molar-refractivity contribution in [2.24, 2.45) is 0 Å². The first-order valence-corrected chi connectivity index (χ1v) is 7.90. The van der Waals surface area contributed by atoms with E-state index >= 15 is 0 Å². The molecule has 0 atom stereocenters. The molecule has 0 aliphatic heterocycles. The molecular formula is C19H26O3. The van der Waals surface area contributed by atoms with Gasteiger partial charge >= 0.3 is 5.97 Å². The summed E-state index contributed by atoms with van der Waals surface area (Å²) in [5, 5.41) is 0.